The molecule has 172 valence electrons. The smallest absolute Gasteiger partial charge is 0.251 e. The van der Waals surface area contributed by atoms with Gasteiger partial charge < -0.3 is 20.4 Å². The summed E-state index contributed by atoms with van der Waals surface area (Å²) in [6.07, 6.45) is 2.57. The first kappa shape index (κ1) is 24.1. The van der Waals surface area contributed by atoms with E-state index in [-0.39, 0.29) is 11.8 Å². The maximum Gasteiger partial charge on any atom is 0.251 e. The quantitative estimate of drug-likeness (QED) is 0.639. The van der Waals surface area contributed by atoms with Crippen LogP contribution in [0.5, 0.6) is 0 Å². The second kappa shape index (κ2) is 11.4. The molecular weight excluding hydrogens is 420 g/mol. The van der Waals surface area contributed by atoms with E-state index in [0.29, 0.717) is 12.0 Å². The zero-order valence-corrected chi connectivity index (χ0v) is 20.3. The third-order valence-corrected chi connectivity index (χ3v) is 6.46. The predicted octanol–water partition coefficient (Wildman–Crippen LogP) is 3.55. The van der Waals surface area contributed by atoms with E-state index in [1.165, 1.54) is 5.69 Å². The average Bonchev–Trinajstić information content (AvgIpc) is 2.77. The maximum absolute atomic E-state index is 13.0. The second-order valence-electron chi connectivity index (χ2n) is 8.46. The minimum atomic E-state index is -0.590. The fraction of sp³-hybridized carbons (Fsp3) is 0.440. The van der Waals surface area contributed by atoms with Crippen molar-refractivity contribution >= 4 is 35.0 Å². The fourth-order valence-corrected chi connectivity index (χ4v) is 4.37. The number of likely N-dealkylation sites (N-methyl/N-ethyl adjacent to an activating group) is 1. The van der Waals surface area contributed by atoms with Crippen LogP contribution in [0.25, 0.3) is 0 Å². The highest BCUT2D eigenvalue weighted by Crippen LogP contribution is 2.25. The number of thioether (sulfide) groups is 1. The van der Waals surface area contributed by atoms with Crippen molar-refractivity contribution in [2.24, 2.45) is 0 Å². The van der Waals surface area contributed by atoms with Gasteiger partial charge in [-0.15, -0.1) is 0 Å². The van der Waals surface area contributed by atoms with Gasteiger partial charge in [0, 0.05) is 43.1 Å². The number of nitrogens with zero attached hydrogens (tertiary/aromatic N) is 2. The molecule has 6 nitrogen and oxygen atoms in total. The van der Waals surface area contributed by atoms with Gasteiger partial charge >= 0.3 is 0 Å². The summed E-state index contributed by atoms with van der Waals surface area (Å²) in [7, 11) is 2.15. The topological polar surface area (TPSA) is 64.7 Å². The molecule has 0 spiro atoms. The Hall–Kier alpha value is -2.51. The van der Waals surface area contributed by atoms with Gasteiger partial charge in [0.1, 0.15) is 6.04 Å². The maximum atomic E-state index is 13.0. The van der Waals surface area contributed by atoms with Crippen LogP contribution in [0.3, 0.4) is 0 Å². The number of amides is 2. The van der Waals surface area contributed by atoms with E-state index in [4.69, 9.17) is 0 Å². The van der Waals surface area contributed by atoms with Crippen molar-refractivity contribution in [1.82, 2.24) is 10.2 Å². The molecule has 1 fully saturated rings. The molecule has 2 N–H and O–H groups in total. The van der Waals surface area contributed by atoms with Crippen molar-refractivity contribution in [2.45, 2.75) is 26.3 Å². The molecule has 0 aromatic heterocycles. The number of hydrogen-bond donors (Lipinski definition) is 2. The number of piperazine rings is 1. The van der Waals surface area contributed by atoms with E-state index in [2.05, 4.69) is 40.5 Å². The van der Waals surface area contributed by atoms with Gasteiger partial charge in [0.2, 0.25) is 5.91 Å². The minimum absolute atomic E-state index is 0.188. The van der Waals surface area contributed by atoms with Crippen molar-refractivity contribution in [3.05, 3.63) is 59.2 Å². The number of aryl methyl sites for hydroxylation is 2. The molecule has 2 aromatic carbocycles. The van der Waals surface area contributed by atoms with Gasteiger partial charge in [-0.2, -0.15) is 11.8 Å². The highest BCUT2D eigenvalue weighted by atomic mass is 32.2. The summed E-state index contributed by atoms with van der Waals surface area (Å²) in [6.45, 7) is 8.14. The van der Waals surface area contributed by atoms with Crippen molar-refractivity contribution in [3.8, 4) is 0 Å². The Bertz CT molecular complexity index is 941. The van der Waals surface area contributed by atoms with Crippen LogP contribution in [0.15, 0.2) is 42.5 Å². The van der Waals surface area contributed by atoms with Crippen LogP contribution in [0.1, 0.15) is 27.9 Å². The van der Waals surface area contributed by atoms with E-state index >= 15 is 0 Å². The van der Waals surface area contributed by atoms with Crippen LogP contribution in [0.4, 0.5) is 11.4 Å². The van der Waals surface area contributed by atoms with Gasteiger partial charge in [0.15, 0.2) is 0 Å². The summed E-state index contributed by atoms with van der Waals surface area (Å²) in [5.74, 6) is 0.372. The summed E-state index contributed by atoms with van der Waals surface area (Å²) >= 11 is 1.66. The molecule has 3 rings (SSSR count). The summed E-state index contributed by atoms with van der Waals surface area (Å²) in [4.78, 5) is 30.5. The molecule has 0 radical (unpaired) electrons. The lowest BCUT2D eigenvalue weighted by Gasteiger charge is -2.35. The largest absolute Gasteiger partial charge is 0.369 e. The van der Waals surface area contributed by atoms with Crippen LogP contribution in [0.2, 0.25) is 0 Å². The normalized spacial score (nSPS) is 15.3. The second-order valence-corrected chi connectivity index (χ2v) is 9.44. The van der Waals surface area contributed by atoms with Crippen LogP contribution < -0.4 is 15.5 Å². The summed E-state index contributed by atoms with van der Waals surface area (Å²) in [6, 6.07) is 12.9. The van der Waals surface area contributed by atoms with Crippen LogP contribution in [0, 0.1) is 13.8 Å². The molecule has 1 heterocycles. The number of benzene rings is 2. The fourth-order valence-electron chi connectivity index (χ4n) is 3.90. The lowest BCUT2D eigenvalue weighted by atomic mass is 10.1. The lowest BCUT2D eigenvalue weighted by molar-refractivity contribution is -0.118. The van der Waals surface area contributed by atoms with E-state index in [1.54, 1.807) is 17.8 Å². The Morgan fingerprint density at radius 3 is 2.47 bits per heavy atom. The number of anilines is 2. The first-order valence-electron chi connectivity index (χ1n) is 11.1. The van der Waals surface area contributed by atoms with E-state index in [9.17, 15) is 9.59 Å². The summed E-state index contributed by atoms with van der Waals surface area (Å²) in [5, 5.41) is 5.93. The SMILES string of the molecule is CSCCC(NC(=O)c1cccc(C)c1)C(=O)Nc1ccc(N2CCN(C)CC2)c(C)c1. The third-order valence-electron chi connectivity index (χ3n) is 5.82. The number of nitrogens with one attached hydrogen (secondary N) is 2. The van der Waals surface area contributed by atoms with E-state index in [1.807, 2.05) is 43.5 Å². The first-order valence-corrected chi connectivity index (χ1v) is 12.5. The monoisotopic (exact) mass is 454 g/mol. The number of carbonyl (C=O) groups excluding carboxylic acids is 2. The van der Waals surface area contributed by atoms with Gasteiger partial charge in [0.05, 0.1) is 0 Å². The zero-order valence-electron chi connectivity index (χ0n) is 19.5. The van der Waals surface area contributed by atoms with Gasteiger partial charge in [-0.3, -0.25) is 9.59 Å². The molecule has 0 bridgehead atoms. The average molecular weight is 455 g/mol. The molecule has 32 heavy (non-hydrogen) atoms. The Morgan fingerprint density at radius 2 is 1.81 bits per heavy atom. The standard InChI is InChI=1S/C25H34N4O2S/c1-18-6-5-7-20(16-18)24(30)27-22(10-15-32-4)25(31)26-21-8-9-23(19(2)17-21)29-13-11-28(3)12-14-29/h5-9,16-17,22H,10-15H2,1-4H3,(H,26,31)(H,27,30). The van der Waals surface area contributed by atoms with E-state index < -0.39 is 6.04 Å². The molecule has 1 aliphatic heterocycles. The van der Waals surface area contributed by atoms with Crippen LogP contribution >= 0.6 is 11.8 Å². The molecule has 0 aliphatic carbocycles. The van der Waals surface area contributed by atoms with Crippen LogP contribution in [-0.2, 0) is 4.79 Å². The van der Waals surface area contributed by atoms with Gasteiger partial charge in [-0.1, -0.05) is 17.7 Å². The highest BCUT2D eigenvalue weighted by Gasteiger charge is 2.22. The Labute approximate surface area is 195 Å². The van der Waals surface area contributed by atoms with Gasteiger partial charge in [0.25, 0.3) is 5.91 Å². The summed E-state index contributed by atoms with van der Waals surface area (Å²) < 4.78 is 0. The molecule has 1 aliphatic rings. The number of carbonyl (C=O) groups is 2. The molecule has 1 atom stereocenters. The van der Waals surface area contributed by atoms with Gasteiger partial charge in [-0.05, 0) is 75.2 Å². The summed E-state index contributed by atoms with van der Waals surface area (Å²) in [5.41, 5.74) is 4.68. The molecule has 0 saturated carbocycles. The Balaban J connectivity index is 1.67. The van der Waals surface area contributed by atoms with Crippen molar-refractivity contribution < 1.29 is 9.59 Å². The molecule has 1 saturated heterocycles. The third kappa shape index (κ3) is 6.50. The molecule has 1 unspecified atom stereocenters. The molecule has 7 heteroatoms. The van der Waals surface area contributed by atoms with Crippen molar-refractivity contribution in [3.63, 3.8) is 0 Å². The minimum Gasteiger partial charge on any atom is -0.369 e. The molecule has 2 amide bonds. The highest BCUT2D eigenvalue weighted by molar-refractivity contribution is 7.98. The number of hydrogen-bond acceptors (Lipinski definition) is 5. The van der Waals surface area contributed by atoms with Crippen molar-refractivity contribution in [2.75, 3.05) is 55.5 Å². The molecular formula is C25H34N4O2S. The predicted molar refractivity (Wildman–Crippen MR) is 135 cm³/mol. The zero-order chi connectivity index (χ0) is 23.1. The lowest BCUT2D eigenvalue weighted by Crippen LogP contribution is -2.45. The van der Waals surface area contributed by atoms with Gasteiger partial charge in [-0.25, -0.2) is 0 Å². The Kier molecular flexibility index (Phi) is 8.59. The first-order chi connectivity index (χ1) is 15.4. The molecule has 2 aromatic rings. The van der Waals surface area contributed by atoms with E-state index in [0.717, 1.165) is 48.7 Å². The van der Waals surface area contributed by atoms with Crippen LogP contribution in [-0.4, -0.2) is 68.0 Å². The van der Waals surface area contributed by atoms with Crippen molar-refractivity contribution in [1.29, 1.82) is 0 Å². The Morgan fingerprint density at radius 1 is 1.06 bits per heavy atom. The number of rotatable bonds is 8.